The summed E-state index contributed by atoms with van der Waals surface area (Å²) in [6.07, 6.45) is 0.954. The summed E-state index contributed by atoms with van der Waals surface area (Å²) in [7, 11) is 1.48. The van der Waals surface area contributed by atoms with Gasteiger partial charge >= 0.3 is 6.09 Å². The first-order chi connectivity index (χ1) is 19.8. The first-order valence-electron chi connectivity index (χ1n) is 15.1. The van der Waals surface area contributed by atoms with Gasteiger partial charge in [0.25, 0.3) is 0 Å². The quantitative estimate of drug-likeness (QED) is 0.315. The second-order valence-corrected chi connectivity index (χ2v) is 12.0. The number of ether oxygens (including phenoxy) is 1. The lowest BCUT2D eigenvalue weighted by molar-refractivity contribution is -0.139. The monoisotopic (exact) mass is 580 g/mol. The molecule has 7 heteroatoms. The number of benzene rings is 2. The van der Waals surface area contributed by atoms with Crippen LogP contribution in [-0.2, 0) is 25.7 Å². The Hall–Kier alpha value is -3.48. The normalized spacial score (nSPS) is 16.5. The highest BCUT2D eigenvalue weighted by Crippen LogP contribution is 2.27. The molecule has 3 rings (SSSR count). The molecule has 1 fully saturated rings. The van der Waals surface area contributed by atoms with Gasteiger partial charge in [-0.2, -0.15) is 0 Å². The minimum Gasteiger partial charge on any atom is -0.445 e. The number of likely N-dealkylation sites (N-methyl/N-ethyl adjacent to an activating group) is 1. The molecule has 0 spiro atoms. The summed E-state index contributed by atoms with van der Waals surface area (Å²) in [5.41, 5.74) is 2.30. The van der Waals surface area contributed by atoms with Gasteiger partial charge in [-0.25, -0.2) is 4.79 Å². The number of carbonyl (C=O) groups excluding carboxylic acids is 4. The topological polar surface area (TPSA) is 84.0 Å². The number of rotatable bonds is 9. The second-order valence-electron chi connectivity index (χ2n) is 12.0. The van der Waals surface area contributed by atoms with E-state index in [0.29, 0.717) is 12.3 Å². The zero-order valence-electron chi connectivity index (χ0n) is 27.1. The van der Waals surface area contributed by atoms with Gasteiger partial charge in [-0.05, 0) is 42.7 Å². The van der Waals surface area contributed by atoms with Crippen LogP contribution >= 0.6 is 0 Å². The Morgan fingerprint density at radius 1 is 0.905 bits per heavy atom. The van der Waals surface area contributed by atoms with Crippen molar-refractivity contribution in [3.63, 3.8) is 0 Å². The molecule has 0 N–H and O–H groups in total. The fourth-order valence-electron chi connectivity index (χ4n) is 4.27. The molecule has 0 saturated carbocycles. The maximum atomic E-state index is 12.8. The van der Waals surface area contributed by atoms with Crippen LogP contribution in [0.4, 0.5) is 4.79 Å². The Labute approximate surface area is 253 Å². The predicted molar refractivity (Wildman–Crippen MR) is 169 cm³/mol. The van der Waals surface area contributed by atoms with E-state index in [1.807, 2.05) is 30.3 Å². The maximum Gasteiger partial charge on any atom is 0.410 e. The molecular formula is C35H52N2O5. The lowest BCUT2D eigenvalue weighted by atomic mass is 9.95. The number of Topliss-reactive ketones (excluding diaryl/α,β-unsaturated/α-hetero) is 2. The van der Waals surface area contributed by atoms with Crippen LogP contribution in [0.2, 0.25) is 0 Å². The zero-order valence-corrected chi connectivity index (χ0v) is 27.1. The van der Waals surface area contributed by atoms with Crippen LogP contribution in [-0.4, -0.2) is 59.5 Å². The van der Waals surface area contributed by atoms with Gasteiger partial charge in [0, 0.05) is 25.4 Å². The molecule has 232 valence electrons. The first-order valence-corrected chi connectivity index (χ1v) is 15.1. The minimum absolute atomic E-state index is 0.0347. The van der Waals surface area contributed by atoms with Gasteiger partial charge in [0.15, 0.2) is 5.78 Å². The molecule has 1 heterocycles. The van der Waals surface area contributed by atoms with E-state index in [1.165, 1.54) is 35.8 Å². The molecule has 3 unspecified atom stereocenters. The SMILES string of the molecule is CC(=O)C1CC(C(=O)C(C)C)N(C(=O)CN(C)C(=O)OCc2ccccc2)C1.CC(C)C.CCC(C)c1ccccc1. The Morgan fingerprint density at radius 3 is 1.90 bits per heavy atom. The van der Waals surface area contributed by atoms with Crippen molar-refractivity contribution in [1.29, 1.82) is 0 Å². The van der Waals surface area contributed by atoms with Gasteiger partial charge < -0.3 is 14.5 Å². The summed E-state index contributed by atoms with van der Waals surface area (Å²) < 4.78 is 5.22. The summed E-state index contributed by atoms with van der Waals surface area (Å²) in [6.45, 7) is 16.1. The van der Waals surface area contributed by atoms with E-state index in [1.54, 1.807) is 13.8 Å². The third-order valence-corrected chi connectivity index (χ3v) is 6.96. The second kappa shape index (κ2) is 18.9. The number of likely N-dealkylation sites (tertiary alicyclic amines) is 1. The summed E-state index contributed by atoms with van der Waals surface area (Å²) in [5, 5.41) is 0. The van der Waals surface area contributed by atoms with Crippen LogP contribution < -0.4 is 0 Å². The van der Waals surface area contributed by atoms with Crippen LogP contribution in [0.5, 0.6) is 0 Å². The van der Waals surface area contributed by atoms with Crippen molar-refractivity contribution in [3.05, 3.63) is 71.8 Å². The molecule has 0 bridgehead atoms. The highest BCUT2D eigenvalue weighted by Gasteiger charge is 2.41. The van der Waals surface area contributed by atoms with E-state index in [9.17, 15) is 19.2 Å². The van der Waals surface area contributed by atoms with Crippen molar-refractivity contribution in [2.75, 3.05) is 20.1 Å². The Kier molecular flexibility index (Phi) is 16.4. The minimum atomic E-state index is -0.619. The van der Waals surface area contributed by atoms with E-state index in [0.717, 1.165) is 11.5 Å². The van der Waals surface area contributed by atoms with Gasteiger partial charge in [0.1, 0.15) is 18.9 Å². The van der Waals surface area contributed by atoms with Crippen LogP contribution in [0.25, 0.3) is 0 Å². The number of hydrogen-bond acceptors (Lipinski definition) is 5. The maximum absolute atomic E-state index is 12.8. The first kappa shape index (κ1) is 36.5. The average molecular weight is 581 g/mol. The fourth-order valence-corrected chi connectivity index (χ4v) is 4.27. The number of nitrogens with zero attached hydrogens (tertiary/aromatic N) is 2. The average Bonchev–Trinajstić information content (AvgIpc) is 3.42. The van der Waals surface area contributed by atoms with Crippen molar-refractivity contribution in [2.24, 2.45) is 17.8 Å². The van der Waals surface area contributed by atoms with Crippen LogP contribution in [0, 0.1) is 17.8 Å². The van der Waals surface area contributed by atoms with Crippen LogP contribution in [0.15, 0.2) is 60.7 Å². The summed E-state index contributed by atoms with van der Waals surface area (Å²) in [5.74, 6) is 0.508. The predicted octanol–water partition coefficient (Wildman–Crippen LogP) is 7.15. The molecule has 0 aromatic heterocycles. The van der Waals surface area contributed by atoms with E-state index in [2.05, 4.69) is 65.0 Å². The molecule has 7 nitrogen and oxygen atoms in total. The van der Waals surface area contributed by atoms with Gasteiger partial charge in [0.2, 0.25) is 5.91 Å². The molecule has 2 aromatic rings. The largest absolute Gasteiger partial charge is 0.445 e. The molecule has 0 aliphatic carbocycles. The van der Waals surface area contributed by atoms with Gasteiger partial charge in [-0.3, -0.25) is 14.4 Å². The number of ketones is 2. The molecule has 2 amide bonds. The number of amides is 2. The van der Waals surface area contributed by atoms with E-state index >= 15 is 0 Å². The molecule has 1 aliphatic rings. The van der Waals surface area contributed by atoms with Crippen molar-refractivity contribution in [1.82, 2.24) is 9.80 Å². The zero-order chi connectivity index (χ0) is 31.8. The van der Waals surface area contributed by atoms with Crippen molar-refractivity contribution >= 4 is 23.6 Å². The summed E-state index contributed by atoms with van der Waals surface area (Å²) in [4.78, 5) is 51.8. The van der Waals surface area contributed by atoms with Crippen LogP contribution in [0.1, 0.15) is 85.3 Å². The lowest BCUT2D eigenvalue weighted by Crippen LogP contribution is -2.47. The van der Waals surface area contributed by atoms with E-state index in [4.69, 9.17) is 4.74 Å². The lowest BCUT2D eigenvalue weighted by Gasteiger charge is -2.27. The number of carbonyl (C=O) groups is 4. The molecular weight excluding hydrogens is 528 g/mol. The highest BCUT2D eigenvalue weighted by atomic mass is 16.6. The highest BCUT2D eigenvalue weighted by molar-refractivity contribution is 5.93. The Bertz CT molecular complexity index is 1100. The standard InChI is InChI=1S/C21H28N2O5.C10H14.C4H10/c1-14(2)20(26)18-10-17(15(3)24)11-23(18)19(25)12-22(4)21(27)28-13-16-8-6-5-7-9-16;1-3-9(2)10-7-5-4-6-8-10;1-4(2)3/h5-9,14,17-18H,10-13H2,1-4H3;4-9H,3H2,1-2H3;4H,1-3H3. The molecule has 0 radical (unpaired) electrons. The fraction of sp³-hybridized carbons (Fsp3) is 0.543. The summed E-state index contributed by atoms with van der Waals surface area (Å²) >= 11 is 0. The van der Waals surface area contributed by atoms with Crippen molar-refractivity contribution in [3.8, 4) is 0 Å². The third-order valence-electron chi connectivity index (χ3n) is 6.96. The Balaban J connectivity index is 0.000000517. The van der Waals surface area contributed by atoms with Gasteiger partial charge in [0.05, 0.1) is 6.04 Å². The summed E-state index contributed by atoms with van der Waals surface area (Å²) in [6, 6.07) is 19.3. The molecule has 1 saturated heterocycles. The van der Waals surface area contributed by atoms with Crippen molar-refractivity contribution in [2.45, 2.75) is 86.8 Å². The van der Waals surface area contributed by atoms with E-state index < -0.39 is 12.1 Å². The Morgan fingerprint density at radius 2 is 1.43 bits per heavy atom. The van der Waals surface area contributed by atoms with Gasteiger partial charge in [-0.1, -0.05) is 109 Å². The number of hydrogen-bond donors (Lipinski definition) is 0. The van der Waals surface area contributed by atoms with Crippen molar-refractivity contribution < 1.29 is 23.9 Å². The van der Waals surface area contributed by atoms with Gasteiger partial charge in [-0.15, -0.1) is 0 Å². The van der Waals surface area contributed by atoms with E-state index in [-0.39, 0.29) is 49.0 Å². The molecule has 1 aliphatic heterocycles. The molecule has 3 atom stereocenters. The third kappa shape index (κ3) is 13.0. The smallest absolute Gasteiger partial charge is 0.410 e. The van der Waals surface area contributed by atoms with Crippen LogP contribution in [0.3, 0.4) is 0 Å². The molecule has 42 heavy (non-hydrogen) atoms. The molecule has 2 aromatic carbocycles.